The number of thioether (sulfide) groups is 1. The van der Waals surface area contributed by atoms with Crippen molar-refractivity contribution < 1.29 is 9.90 Å². The number of hydrogen-bond acceptors (Lipinski definition) is 3. The van der Waals surface area contributed by atoms with Gasteiger partial charge in [-0.2, -0.15) is 16.9 Å². The number of aromatic nitrogens is 2. The van der Waals surface area contributed by atoms with Gasteiger partial charge in [0.15, 0.2) is 0 Å². The molecule has 0 aliphatic heterocycles. The molecule has 0 unspecified atom stereocenters. The van der Waals surface area contributed by atoms with E-state index in [0.717, 1.165) is 11.4 Å². The zero-order valence-electron chi connectivity index (χ0n) is 8.36. The molecule has 1 heterocycles. The first kappa shape index (κ1) is 11.1. The number of aryl methyl sites for hydroxylation is 1. The van der Waals surface area contributed by atoms with E-state index in [9.17, 15) is 4.79 Å². The van der Waals surface area contributed by atoms with Crippen LogP contribution in [0, 0.1) is 6.92 Å². The van der Waals surface area contributed by atoms with Gasteiger partial charge in [0, 0.05) is 29.8 Å². The first-order valence-electron chi connectivity index (χ1n) is 4.38. The molecule has 0 bridgehead atoms. The van der Waals surface area contributed by atoms with Gasteiger partial charge < -0.3 is 5.11 Å². The molecule has 1 aromatic rings. The highest BCUT2D eigenvalue weighted by atomic mass is 32.2. The second-order valence-corrected chi connectivity index (χ2v) is 4.18. The summed E-state index contributed by atoms with van der Waals surface area (Å²) in [6, 6.07) is 0. The fourth-order valence-electron chi connectivity index (χ4n) is 1.03. The van der Waals surface area contributed by atoms with Crippen molar-refractivity contribution in [2.24, 2.45) is 7.05 Å². The third-order valence-corrected chi connectivity index (χ3v) is 3.06. The number of carboxylic acids is 1. The van der Waals surface area contributed by atoms with E-state index in [-0.39, 0.29) is 6.42 Å². The third kappa shape index (κ3) is 3.06. The Hall–Kier alpha value is -0.970. The lowest BCUT2D eigenvalue weighted by molar-refractivity contribution is -0.136. The van der Waals surface area contributed by atoms with Crippen LogP contribution >= 0.6 is 11.8 Å². The Labute approximate surface area is 87.3 Å². The summed E-state index contributed by atoms with van der Waals surface area (Å²) in [5, 5.41) is 12.6. The Morgan fingerprint density at radius 3 is 2.93 bits per heavy atom. The zero-order chi connectivity index (χ0) is 10.6. The molecule has 5 heteroatoms. The Morgan fingerprint density at radius 2 is 2.43 bits per heavy atom. The van der Waals surface area contributed by atoms with E-state index in [1.54, 1.807) is 11.8 Å². The lowest BCUT2D eigenvalue weighted by Crippen LogP contribution is -1.97. The quantitative estimate of drug-likeness (QED) is 0.753. The van der Waals surface area contributed by atoms with Crippen LogP contribution in [0.5, 0.6) is 0 Å². The van der Waals surface area contributed by atoms with Gasteiger partial charge in [-0.05, 0) is 6.92 Å². The van der Waals surface area contributed by atoms with Crippen LogP contribution in [0.4, 0.5) is 0 Å². The van der Waals surface area contributed by atoms with Crippen LogP contribution in [0.3, 0.4) is 0 Å². The van der Waals surface area contributed by atoms with Crippen molar-refractivity contribution in [2.45, 2.75) is 19.1 Å². The highest BCUT2D eigenvalue weighted by Crippen LogP contribution is 2.15. The molecule has 78 valence electrons. The lowest BCUT2D eigenvalue weighted by Gasteiger charge is -1.99. The molecule has 0 atom stereocenters. The second-order valence-electron chi connectivity index (χ2n) is 3.08. The molecule has 1 aromatic heterocycles. The predicted octanol–water partition coefficient (Wildman–Crippen LogP) is 1.44. The van der Waals surface area contributed by atoms with E-state index in [1.165, 1.54) is 5.56 Å². The number of carbonyl (C=O) groups is 1. The Morgan fingerprint density at radius 1 is 1.71 bits per heavy atom. The Balaban J connectivity index is 2.31. The first-order chi connectivity index (χ1) is 6.61. The summed E-state index contributed by atoms with van der Waals surface area (Å²) in [4.78, 5) is 10.3. The smallest absolute Gasteiger partial charge is 0.304 e. The van der Waals surface area contributed by atoms with Crippen molar-refractivity contribution in [3.8, 4) is 0 Å². The molecule has 1 N–H and O–H groups in total. The van der Waals surface area contributed by atoms with Gasteiger partial charge in [0.05, 0.1) is 12.6 Å². The van der Waals surface area contributed by atoms with Crippen molar-refractivity contribution in [1.82, 2.24) is 9.78 Å². The van der Waals surface area contributed by atoms with Gasteiger partial charge in [0.1, 0.15) is 0 Å². The molecule has 0 aliphatic carbocycles. The van der Waals surface area contributed by atoms with Crippen molar-refractivity contribution in [2.75, 3.05) is 5.75 Å². The fourth-order valence-corrected chi connectivity index (χ4v) is 1.99. The average Bonchev–Trinajstić information content (AvgIpc) is 2.43. The van der Waals surface area contributed by atoms with Crippen molar-refractivity contribution >= 4 is 17.7 Å². The van der Waals surface area contributed by atoms with Crippen LogP contribution in [0.1, 0.15) is 17.7 Å². The summed E-state index contributed by atoms with van der Waals surface area (Å²) in [5.74, 6) is 0.761. The maximum Gasteiger partial charge on any atom is 0.304 e. The fraction of sp³-hybridized carbons (Fsp3) is 0.556. The molecule has 0 amide bonds. The molecule has 0 aromatic carbocycles. The number of hydrogen-bond donors (Lipinski definition) is 1. The minimum atomic E-state index is -0.736. The van der Waals surface area contributed by atoms with Crippen molar-refractivity contribution in [1.29, 1.82) is 0 Å². The van der Waals surface area contributed by atoms with E-state index < -0.39 is 5.97 Å². The monoisotopic (exact) mass is 214 g/mol. The molecule has 4 nitrogen and oxygen atoms in total. The van der Waals surface area contributed by atoms with E-state index in [2.05, 4.69) is 5.10 Å². The predicted molar refractivity (Wildman–Crippen MR) is 56.4 cm³/mol. The van der Waals surface area contributed by atoms with E-state index in [0.29, 0.717) is 5.75 Å². The third-order valence-electron chi connectivity index (χ3n) is 2.05. The molecule has 0 aliphatic rings. The summed E-state index contributed by atoms with van der Waals surface area (Å²) < 4.78 is 1.83. The summed E-state index contributed by atoms with van der Waals surface area (Å²) in [6.07, 6.45) is 2.06. The van der Waals surface area contributed by atoms with Crippen molar-refractivity contribution in [3.63, 3.8) is 0 Å². The van der Waals surface area contributed by atoms with Crippen LogP contribution in [0.25, 0.3) is 0 Å². The Kier molecular flexibility index (Phi) is 4.00. The topological polar surface area (TPSA) is 55.1 Å². The summed E-state index contributed by atoms with van der Waals surface area (Å²) >= 11 is 1.63. The molecular formula is C9H14N2O2S. The van der Waals surface area contributed by atoms with Crippen LogP contribution in [-0.4, -0.2) is 26.6 Å². The molecule has 0 spiro atoms. The SMILES string of the molecule is Cc1c(CSCCC(=O)O)cnn1C. The molecule has 0 saturated carbocycles. The maximum absolute atomic E-state index is 10.3. The van der Waals surface area contributed by atoms with Gasteiger partial charge >= 0.3 is 5.97 Å². The van der Waals surface area contributed by atoms with Gasteiger partial charge in [-0.25, -0.2) is 0 Å². The van der Waals surface area contributed by atoms with Gasteiger partial charge in [-0.15, -0.1) is 0 Å². The van der Waals surface area contributed by atoms with Gasteiger partial charge in [0.25, 0.3) is 0 Å². The summed E-state index contributed by atoms with van der Waals surface area (Å²) in [6.45, 7) is 2.01. The minimum absolute atomic E-state index is 0.226. The van der Waals surface area contributed by atoms with E-state index in [1.807, 2.05) is 24.9 Å². The molecule has 14 heavy (non-hydrogen) atoms. The van der Waals surface area contributed by atoms with E-state index in [4.69, 9.17) is 5.11 Å². The van der Waals surface area contributed by atoms with Gasteiger partial charge in [-0.1, -0.05) is 0 Å². The van der Waals surface area contributed by atoms with Crippen LogP contribution < -0.4 is 0 Å². The first-order valence-corrected chi connectivity index (χ1v) is 5.53. The van der Waals surface area contributed by atoms with Crippen LogP contribution in [0.2, 0.25) is 0 Å². The lowest BCUT2D eigenvalue weighted by atomic mass is 10.3. The van der Waals surface area contributed by atoms with Gasteiger partial charge in [-0.3, -0.25) is 9.48 Å². The molecule has 0 fully saturated rings. The average molecular weight is 214 g/mol. The van der Waals surface area contributed by atoms with Gasteiger partial charge in [0.2, 0.25) is 0 Å². The molecule has 0 saturated heterocycles. The standard InChI is InChI=1S/C9H14N2O2S/c1-7-8(5-10-11(7)2)6-14-4-3-9(12)13/h5H,3-4,6H2,1-2H3,(H,12,13). The van der Waals surface area contributed by atoms with Crippen molar-refractivity contribution in [3.05, 3.63) is 17.5 Å². The number of carboxylic acid groups (broad SMARTS) is 1. The largest absolute Gasteiger partial charge is 0.481 e. The zero-order valence-corrected chi connectivity index (χ0v) is 9.17. The normalized spacial score (nSPS) is 10.4. The van der Waals surface area contributed by atoms with E-state index >= 15 is 0 Å². The number of nitrogens with zero attached hydrogens (tertiary/aromatic N) is 2. The highest BCUT2D eigenvalue weighted by Gasteiger charge is 2.03. The Bertz CT molecular complexity index is 323. The second kappa shape index (κ2) is 5.05. The molecule has 0 radical (unpaired) electrons. The number of rotatable bonds is 5. The molecule has 1 rings (SSSR count). The highest BCUT2D eigenvalue weighted by molar-refractivity contribution is 7.98. The molecular weight excluding hydrogens is 200 g/mol. The number of aliphatic carboxylic acids is 1. The van der Waals surface area contributed by atoms with Crippen LogP contribution in [0.15, 0.2) is 6.20 Å². The minimum Gasteiger partial charge on any atom is -0.481 e. The maximum atomic E-state index is 10.3. The van der Waals surface area contributed by atoms with Crippen LogP contribution in [-0.2, 0) is 17.6 Å². The summed E-state index contributed by atoms with van der Waals surface area (Å²) in [7, 11) is 1.90. The summed E-state index contributed by atoms with van der Waals surface area (Å²) in [5.41, 5.74) is 2.33.